The standard InChI is InChI=1S/C11H18O3/c1-10(12)5-7-11(9-13-2)6-3-4-8-14-11/h5,7H,3-4,6,8-9H2,1-2H3/b7-5+. The number of methoxy groups -OCH3 is 1. The number of allylic oxidation sites excluding steroid dienone is 1. The van der Waals surface area contributed by atoms with E-state index < -0.39 is 0 Å². The second-order valence-corrected chi connectivity index (χ2v) is 3.75. The number of ether oxygens (including phenoxy) is 2. The van der Waals surface area contributed by atoms with Gasteiger partial charge in [-0.15, -0.1) is 0 Å². The van der Waals surface area contributed by atoms with E-state index in [-0.39, 0.29) is 11.4 Å². The van der Waals surface area contributed by atoms with Crippen LogP contribution in [0.15, 0.2) is 12.2 Å². The van der Waals surface area contributed by atoms with Gasteiger partial charge in [-0.1, -0.05) is 0 Å². The van der Waals surface area contributed by atoms with E-state index in [0.717, 1.165) is 25.9 Å². The third kappa shape index (κ3) is 3.24. The van der Waals surface area contributed by atoms with Crippen molar-refractivity contribution < 1.29 is 14.3 Å². The second kappa shape index (κ2) is 5.27. The smallest absolute Gasteiger partial charge is 0.152 e. The molecule has 0 aromatic carbocycles. The predicted molar refractivity (Wildman–Crippen MR) is 54.2 cm³/mol. The number of carbonyl (C=O) groups is 1. The van der Waals surface area contributed by atoms with Gasteiger partial charge in [0.15, 0.2) is 5.78 Å². The number of rotatable bonds is 4. The van der Waals surface area contributed by atoms with Crippen molar-refractivity contribution in [1.29, 1.82) is 0 Å². The molecule has 1 atom stereocenters. The van der Waals surface area contributed by atoms with Crippen molar-refractivity contribution in [1.82, 2.24) is 0 Å². The van der Waals surface area contributed by atoms with Crippen LogP contribution in [0.5, 0.6) is 0 Å². The Morgan fingerprint density at radius 1 is 1.57 bits per heavy atom. The molecule has 0 aromatic heterocycles. The maximum atomic E-state index is 10.8. The number of ketones is 1. The van der Waals surface area contributed by atoms with Crippen molar-refractivity contribution in [3.8, 4) is 0 Å². The largest absolute Gasteiger partial charge is 0.381 e. The van der Waals surface area contributed by atoms with Crippen LogP contribution in [0.2, 0.25) is 0 Å². The van der Waals surface area contributed by atoms with Gasteiger partial charge in [-0.3, -0.25) is 4.79 Å². The molecule has 0 aromatic rings. The SMILES string of the molecule is COCC1(/C=C/C(C)=O)CCCCO1. The molecule has 14 heavy (non-hydrogen) atoms. The molecular weight excluding hydrogens is 180 g/mol. The Morgan fingerprint density at radius 2 is 2.36 bits per heavy atom. The van der Waals surface area contributed by atoms with Crippen molar-refractivity contribution >= 4 is 5.78 Å². The molecular formula is C11H18O3. The third-order valence-corrected chi connectivity index (χ3v) is 2.39. The van der Waals surface area contributed by atoms with Gasteiger partial charge in [0.1, 0.15) is 5.60 Å². The molecule has 1 saturated heterocycles. The molecule has 3 heteroatoms. The maximum absolute atomic E-state index is 10.8. The Morgan fingerprint density at radius 3 is 2.86 bits per heavy atom. The number of hydrogen-bond donors (Lipinski definition) is 0. The predicted octanol–water partition coefficient (Wildman–Crippen LogP) is 1.72. The first-order valence-electron chi connectivity index (χ1n) is 5.01. The lowest BCUT2D eigenvalue weighted by Gasteiger charge is -2.34. The van der Waals surface area contributed by atoms with E-state index in [0.29, 0.717) is 6.61 Å². The molecule has 0 radical (unpaired) electrons. The van der Waals surface area contributed by atoms with Gasteiger partial charge in [0, 0.05) is 13.7 Å². The molecule has 3 nitrogen and oxygen atoms in total. The van der Waals surface area contributed by atoms with Gasteiger partial charge in [-0.2, -0.15) is 0 Å². The van der Waals surface area contributed by atoms with Crippen LogP contribution < -0.4 is 0 Å². The first-order valence-corrected chi connectivity index (χ1v) is 5.01. The van der Waals surface area contributed by atoms with Crippen molar-refractivity contribution in [2.45, 2.75) is 31.8 Å². The van der Waals surface area contributed by atoms with Crippen molar-refractivity contribution in [2.24, 2.45) is 0 Å². The van der Waals surface area contributed by atoms with Gasteiger partial charge in [0.2, 0.25) is 0 Å². The highest BCUT2D eigenvalue weighted by molar-refractivity contribution is 5.87. The van der Waals surface area contributed by atoms with Crippen LogP contribution in [-0.2, 0) is 14.3 Å². The van der Waals surface area contributed by atoms with E-state index in [9.17, 15) is 4.79 Å². The topological polar surface area (TPSA) is 35.5 Å². The zero-order valence-corrected chi connectivity index (χ0v) is 8.91. The van der Waals surface area contributed by atoms with E-state index >= 15 is 0 Å². The zero-order chi connectivity index (χ0) is 10.4. The van der Waals surface area contributed by atoms with Crippen molar-refractivity contribution in [3.63, 3.8) is 0 Å². The van der Waals surface area contributed by atoms with Crippen LogP contribution >= 0.6 is 0 Å². The van der Waals surface area contributed by atoms with Gasteiger partial charge < -0.3 is 9.47 Å². The monoisotopic (exact) mass is 198 g/mol. The molecule has 1 rings (SSSR count). The summed E-state index contributed by atoms with van der Waals surface area (Å²) >= 11 is 0. The highest BCUT2D eigenvalue weighted by Crippen LogP contribution is 2.26. The van der Waals surface area contributed by atoms with Crippen LogP contribution in [0.4, 0.5) is 0 Å². The quantitative estimate of drug-likeness (QED) is 0.645. The Kier molecular flexibility index (Phi) is 4.29. The van der Waals surface area contributed by atoms with Crippen molar-refractivity contribution in [2.75, 3.05) is 20.3 Å². The molecule has 0 spiro atoms. The molecule has 1 aliphatic rings. The molecule has 0 amide bonds. The average molecular weight is 198 g/mol. The molecule has 1 fully saturated rings. The third-order valence-electron chi connectivity index (χ3n) is 2.39. The lowest BCUT2D eigenvalue weighted by atomic mass is 9.94. The van der Waals surface area contributed by atoms with Crippen LogP contribution in [0.3, 0.4) is 0 Å². The van der Waals surface area contributed by atoms with E-state index in [1.807, 2.05) is 6.08 Å². The highest BCUT2D eigenvalue weighted by Gasteiger charge is 2.30. The van der Waals surface area contributed by atoms with Gasteiger partial charge in [-0.25, -0.2) is 0 Å². The van der Waals surface area contributed by atoms with Gasteiger partial charge in [-0.05, 0) is 38.3 Å². The molecule has 1 aliphatic heterocycles. The molecule has 1 heterocycles. The summed E-state index contributed by atoms with van der Waals surface area (Å²) in [5, 5.41) is 0. The van der Waals surface area contributed by atoms with Gasteiger partial charge in [0.05, 0.1) is 6.61 Å². The van der Waals surface area contributed by atoms with Crippen LogP contribution in [-0.4, -0.2) is 31.7 Å². The first-order chi connectivity index (χ1) is 6.68. The van der Waals surface area contributed by atoms with Gasteiger partial charge in [0.25, 0.3) is 0 Å². The molecule has 0 N–H and O–H groups in total. The van der Waals surface area contributed by atoms with Crippen molar-refractivity contribution in [3.05, 3.63) is 12.2 Å². The Bertz CT molecular complexity index is 209. The summed E-state index contributed by atoms with van der Waals surface area (Å²) in [6.07, 6.45) is 6.58. The number of carbonyl (C=O) groups excluding carboxylic acids is 1. The maximum Gasteiger partial charge on any atom is 0.152 e. The summed E-state index contributed by atoms with van der Waals surface area (Å²) in [7, 11) is 1.65. The van der Waals surface area contributed by atoms with Crippen LogP contribution in [0.1, 0.15) is 26.2 Å². The normalized spacial score (nSPS) is 28.1. The lowest BCUT2D eigenvalue weighted by molar-refractivity contribution is -0.113. The summed E-state index contributed by atoms with van der Waals surface area (Å²) in [5.41, 5.74) is -0.362. The zero-order valence-electron chi connectivity index (χ0n) is 8.91. The molecule has 0 saturated carbocycles. The molecule has 1 unspecified atom stereocenters. The molecule has 0 aliphatic carbocycles. The second-order valence-electron chi connectivity index (χ2n) is 3.75. The Balaban J connectivity index is 2.64. The number of hydrogen-bond acceptors (Lipinski definition) is 3. The molecule has 0 bridgehead atoms. The average Bonchev–Trinajstić information content (AvgIpc) is 2.17. The first kappa shape index (κ1) is 11.4. The van der Waals surface area contributed by atoms with E-state index in [2.05, 4.69) is 0 Å². The summed E-state index contributed by atoms with van der Waals surface area (Å²) < 4.78 is 10.8. The molecule has 80 valence electrons. The highest BCUT2D eigenvalue weighted by atomic mass is 16.5. The van der Waals surface area contributed by atoms with Crippen LogP contribution in [0, 0.1) is 0 Å². The summed E-state index contributed by atoms with van der Waals surface area (Å²) in [4.78, 5) is 10.8. The Labute approximate surface area is 85.1 Å². The summed E-state index contributed by atoms with van der Waals surface area (Å²) in [5.74, 6) is 0.0506. The fourth-order valence-corrected chi connectivity index (χ4v) is 1.68. The lowest BCUT2D eigenvalue weighted by Crippen LogP contribution is -2.38. The Hall–Kier alpha value is -0.670. The van der Waals surface area contributed by atoms with E-state index in [1.54, 1.807) is 20.1 Å². The summed E-state index contributed by atoms with van der Waals surface area (Å²) in [6.45, 7) is 2.82. The summed E-state index contributed by atoms with van der Waals surface area (Å²) in [6, 6.07) is 0. The minimum absolute atomic E-state index is 0.0506. The van der Waals surface area contributed by atoms with E-state index in [1.165, 1.54) is 0 Å². The minimum atomic E-state index is -0.362. The van der Waals surface area contributed by atoms with Crippen LogP contribution in [0.25, 0.3) is 0 Å². The van der Waals surface area contributed by atoms with E-state index in [4.69, 9.17) is 9.47 Å². The fraction of sp³-hybridized carbons (Fsp3) is 0.727. The van der Waals surface area contributed by atoms with Gasteiger partial charge >= 0.3 is 0 Å². The fourth-order valence-electron chi connectivity index (χ4n) is 1.68. The minimum Gasteiger partial charge on any atom is -0.381 e.